The fourth-order valence-corrected chi connectivity index (χ4v) is 1.57. The molecule has 0 saturated heterocycles. The summed E-state index contributed by atoms with van der Waals surface area (Å²) in [4.78, 5) is 22.3. The third-order valence-electron chi connectivity index (χ3n) is 2.59. The molecule has 1 aromatic carbocycles. The molecule has 2 amide bonds. The zero-order chi connectivity index (χ0) is 16.8. The number of nitrogens with one attached hydrogen (secondary N) is 2. The first-order chi connectivity index (χ1) is 10.2. The Morgan fingerprint density at radius 3 is 2.59 bits per heavy atom. The maximum Gasteiger partial charge on any atom is 0.416 e. The molecule has 22 heavy (non-hydrogen) atoms. The molecular weight excluding hydrogens is 297 g/mol. The first-order valence-corrected chi connectivity index (χ1v) is 6.41. The molecule has 1 atom stereocenters. The minimum atomic E-state index is -4.42. The van der Waals surface area contributed by atoms with Gasteiger partial charge in [0.2, 0.25) is 11.8 Å². The van der Waals surface area contributed by atoms with Crippen molar-refractivity contribution < 1.29 is 22.8 Å². The van der Waals surface area contributed by atoms with Gasteiger partial charge in [0.15, 0.2) is 0 Å². The summed E-state index contributed by atoms with van der Waals surface area (Å²) in [6.07, 6.45) is -4.42. The van der Waals surface area contributed by atoms with Gasteiger partial charge in [-0.15, -0.1) is 0 Å². The Bertz CT molecular complexity index is 615. The number of carbonyl (C=O) groups excluding carboxylic acids is 2. The van der Waals surface area contributed by atoms with Crippen molar-refractivity contribution in [1.82, 2.24) is 10.6 Å². The van der Waals surface area contributed by atoms with Crippen LogP contribution in [0.3, 0.4) is 0 Å². The molecule has 0 spiro atoms. The number of rotatable bonds is 3. The highest BCUT2D eigenvalue weighted by atomic mass is 19.4. The number of hydrogen-bond acceptors (Lipinski definition) is 2. The molecule has 0 aliphatic carbocycles. The van der Waals surface area contributed by atoms with Crippen LogP contribution in [-0.4, -0.2) is 24.4 Å². The van der Waals surface area contributed by atoms with Crippen molar-refractivity contribution in [3.63, 3.8) is 0 Å². The molecule has 0 heterocycles. The van der Waals surface area contributed by atoms with Crippen molar-refractivity contribution in [2.24, 2.45) is 0 Å². The van der Waals surface area contributed by atoms with E-state index in [4.69, 9.17) is 0 Å². The maximum atomic E-state index is 12.5. The van der Waals surface area contributed by atoms with E-state index in [0.29, 0.717) is 0 Å². The van der Waals surface area contributed by atoms with Crippen molar-refractivity contribution in [3.05, 3.63) is 35.4 Å². The van der Waals surface area contributed by atoms with Gasteiger partial charge in [-0.3, -0.25) is 9.59 Å². The van der Waals surface area contributed by atoms with E-state index >= 15 is 0 Å². The van der Waals surface area contributed by atoms with Crippen LogP contribution in [0.4, 0.5) is 13.2 Å². The average molecular weight is 312 g/mol. The predicted molar refractivity (Wildman–Crippen MR) is 74.6 cm³/mol. The van der Waals surface area contributed by atoms with Gasteiger partial charge < -0.3 is 10.6 Å². The van der Waals surface area contributed by atoms with E-state index in [9.17, 15) is 22.8 Å². The molecule has 0 aliphatic rings. The van der Waals surface area contributed by atoms with Crippen molar-refractivity contribution in [2.45, 2.75) is 26.1 Å². The SMILES string of the molecule is CC(=O)NC(C)C(=O)NCC#Cc1cccc(C(F)(F)F)c1. The van der Waals surface area contributed by atoms with E-state index in [2.05, 4.69) is 22.5 Å². The van der Waals surface area contributed by atoms with Crippen LogP contribution in [0.15, 0.2) is 24.3 Å². The van der Waals surface area contributed by atoms with E-state index in [0.717, 1.165) is 12.1 Å². The molecule has 4 nitrogen and oxygen atoms in total. The third kappa shape index (κ3) is 5.87. The molecule has 7 heteroatoms. The largest absolute Gasteiger partial charge is 0.416 e. The van der Waals surface area contributed by atoms with Crippen molar-refractivity contribution in [1.29, 1.82) is 0 Å². The van der Waals surface area contributed by atoms with Gasteiger partial charge in [-0.05, 0) is 25.1 Å². The second kappa shape index (κ2) is 7.50. The number of alkyl halides is 3. The highest BCUT2D eigenvalue weighted by Crippen LogP contribution is 2.29. The van der Waals surface area contributed by atoms with E-state index in [1.54, 1.807) is 0 Å². The van der Waals surface area contributed by atoms with Gasteiger partial charge in [0.25, 0.3) is 0 Å². The summed E-state index contributed by atoms with van der Waals surface area (Å²) < 4.78 is 37.5. The molecule has 0 radical (unpaired) electrons. The maximum absolute atomic E-state index is 12.5. The first kappa shape index (κ1) is 17.6. The number of hydrogen-bond donors (Lipinski definition) is 2. The van der Waals surface area contributed by atoms with Gasteiger partial charge in [0.05, 0.1) is 12.1 Å². The standard InChI is InChI=1S/C15H15F3N2O2/c1-10(20-11(2)21)14(22)19-8-4-6-12-5-3-7-13(9-12)15(16,17)18/h3,5,7,9-10H,8H2,1-2H3,(H,19,22)(H,20,21). The molecule has 1 rings (SSSR count). The smallest absolute Gasteiger partial charge is 0.345 e. The average Bonchev–Trinajstić information content (AvgIpc) is 2.42. The summed E-state index contributed by atoms with van der Waals surface area (Å²) in [5.74, 6) is 4.34. The van der Waals surface area contributed by atoms with Crippen molar-refractivity contribution >= 4 is 11.8 Å². The number of halogens is 3. The molecule has 0 aliphatic heterocycles. The summed E-state index contributed by atoms with van der Waals surface area (Å²) >= 11 is 0. The van der Waals surface area contributed by atoms with Gasteiger partial charge in [-0.25, -0.2) is 0 Å². The van der Waals surface area contributed by atoms with Crippen LogP contribution < -0.4 is 10.6 Å². The van der Waals surface area contributed by atoms with Crippen LogP contribution in [0, 0.1) is 11.8 Å². The van der Waals surface area contributed by atoms with Crippen LogP contribution in [0.25, 0.3) is 0 Å². The highest BCUT2D eigenvalue weighted by Gasteiger charge is 2.30. The van der Waals surface area contributed by atoms with Gasteiger partial charge in [0.1, 0.15) is 6.04 Å². The van der Waals surface area contributed by atoms with Crippen LogP contribution in [0.1, 0.15) is 25.0 Å². The zero-order valence-corrected chi connectivity index (χ0v) is 12.0. The van der Waals surface area contributed by atoms with Crippen molar-refractivity contribution in [2.75, 3.05) is 6.54 Å². The number of carbonyl (C=O) groups is 2. The summed E-state index contributed by atoms with van der Waals surface area (Å²) in [6.45, 7) is 2.77. The zero-order valence-electron chi connectivity index (χ0n) is 12.0. The Morgan fingerprint density at radius 2 is 2.00 bits per heavy atom. The van der Waals surface area contributed by atoms with Crippen LogP contribution in [0.5, 0.6) is 0 Å². The van der Waals surface area contributed by atoms with Crippen molar-refractivity contribution in [3.8, 4) is 11.8 Å². The molecule has 0 saturated carbocycles. The van der Waals surface area contributed by atoms with E-state index in [1.807, 2.05) is 0 Å². The Hall–Kier alpha value is -2.49. The molecule has 1 unspecified atom stereocenters. The van der Waals surface area contributed by atoms with Gasteiger partial charge in [-0.2, -0.15) is 13.2 Å². The van der Waals surface area contributed by atoms with E-state index < -0.39 is 23.7 Å². The second-order valence-corrected chi connectivity index (χ2v) is 4.52. The minimum absolute atomic E-state index is 0.0288. The monoisotopic (exact) mass is 312 g/mol. The van der Waals surface area contributed by atoms with E-state index in [-0.39, 0.29) is 18.0 Å². The Kier molecular flexibility index (Phi) is 5.99. The fourth-order valence-electron chi connectivity index (χ4n) is 1.57. The lowest BCUT2D eigenvalue weighted by molar-refractivity contribution is -0.137. The molecule has 118 valence electrons. The topological polar surface area (TPSA) is 58.2 Å². The van der Waals surface area contributed by atoms with Crippen LogP contribution >= 0.6 is 0 Å². The van der Waals surface area contributed by atoms with Gasteiger partial charge in [0, 0.05) is 12.5 Å². The van der Waals surface area contributed by atoms with Gasteiger partial charge in [-0.1, -0.05) is 17.9 Å². The fraction of sp³-hybridized carbons (Fsp3) is 0.333. The lowest BCUT2D eigenvalue weighted by atomic mass is 10.1. The Labute approximate surface area is 126 Å². The molecule has 2 N–H and O–H groups in total. The highest BCUT2D eigenvalue weighted by molar-refractivity contribution is 5.86. The quantitative estimate of drug-likeness (QED) is 0.835. The number of benzene rings is 1. The van der Waals surface area contributed by atoms with Gasteiger partial charge >= 0.3 is 6.18 Å². The lowest BCUT2D eigenvalue weighted by Gasteiger charge is -2.10. The molecule has 0 aromatic heterocycles. The third-order valence-corrected chi connectivity index (χ3v) is 2.59. The first-order valence-electron chi connectivity index (χ1n) is 6.41. The number of amides is 2. The summed E-state index contributed by atoms with van der Waals surface area (Å²) in [5.41, 5.74) is -0.568. The molecule has 1 aromatic rings. The molecule has 0 bridgehead atoms. The lowest BCUT2D eigenvalue weighted by Crippen LogP contribution is -2.44. The Morgan fingerprint density at radius 1 is 1.32 bits per heavy atom. The minimum Gasteiger partial charge on any atom is -0.345 e. The summed E-state index contributed by atoms with van der Waals surface area (Å²) in [6, 6.07) is 3.92. The summed E-state index contributed by atoms with van der Waals surface area (Å²) in [7, 11) is 0. The van der Waals surface area contributed by atoms with E-state index in [1.165, 1.54) is 26.0 Å². The second-order valence-electron chi connectivity index (χ2n) is 4.52. The Balaban J connectivity index is 2.58. The summed E-state index contributed by atoms with van der Waals surface area (Å²) in [5, 5.41) is 4.85. The predicted octanol–water partition coefficient (Wildman–Crippen LogP) is 1.70. The van der Waals surface area contributed by atoms with Crippen LogP contribution in [-0.2, 0) is 15.8 Å². The molecule has 0 fully saturated rings. The molecular formula is C15H15F3N2O2. The normalized spacial score (nSPS) is 11.9. The van der Waals surface area contributed by atoms with Crippen LogP contribution in [0.2, 0.25) is 0 Å².